The molecular formula is C23H23F2N. The third-order valence-corrected chi connectivity index (χ3v) is 4.62. The summed E-state index contributed by atoms with van der Waals surface area (Å²) in [6.07, 6.45) is 6.37. The van der Waals surface area contributed by atoms with Crippen LogP contribution in [0.1, 0.15) is 36.5 Å². The number of pyridine rings is 1. The predicted octanol–water partition coefficient (Wildman–Crippen LogP) is 6.15. The zero-order valence-electron chi connectivity index (χ0n) is 15.0. The Morgan fingerprint density at radius 3 is 1.81 bits per heavy atom. The van der Waals surface area contributed by atoms with E-state index in [1.54, 1.807) is 0 Å². The molecular weight excluding hydrogens is 328 g/mol. The van der Waals surface area contributed by atoms with Gasteiger partial charge in [0.1, 0.15) is 0 Å². The average Bonchev–Trinajstić information content (AvgIpc) is 2.68. The maximum absolute atomic E-state index is 13.2. The Morgan fingerprint density at radius 2 is 1.27 bits per heavy atom. The summed E-state index contributed by atoms with van der Waals surface area (Å²) in [5, 5.41) is 0. The van der Waals surface area contributed by atoms with Crippen LogP contribution in [0.4, 0.5) is 8.78 Å². The summed E-state index contributed by atoms with van der Waals surface area (Å²) in [5.74, 6) is -1.93. The van der Waals surface area contributed by atoms with E-state index in [0.29, 0.717) is 12.0 Å². The molecule has 0 unspecified atom stereocenters. The highest BCUT2D eigenvalue weighted by Crippen LogP contribution is 2.21. The Labute approximate surface area is 153 Å². The van der Waals surface area contributed by atoms with E-state index in [2.05, 4.69) is 60.4 Å². The van der Waals surface area contributed by atoms with Crippen LogP contribution < -0.4 is 0 Å². The highest BCUT2D eigenvalue weighted by Gasteiger charge is 2.05. The van der Waals surface area contributed by atoms with Crippen LogP contribution in [-0.2, 0) is 19.3 Å². The SMILES string of the molecule is CCCCc1ccc(-c2ccc(CCc3cnc(F)c(F)c3)cc2)cc1. The van der Waals surface area contributed by atoms with E-state index in [1.165, 1.54) is 41.8 Å². The van der Waals surface area contributed by atoms with Crippen LogP contribution in [-0.4, -0.2) is 4.98 Å². The smallest absolute Gasteiger partial charge is 0.225 e. The maximum Gasteiger partial charge on any atom is 0.248 e. The summed E-state index contributed by atoms with van der Waals surface area (Å²) >= 11 is 0. The molecule has 0 amide bonds. The van der Waals surface area contributed by atoms with Gasteiger partial charge in [0.2, 0.25) is 5.95 Å². The quantitative estimate of drug-likeness (QED) is 0.465. The lowest BCUT2D eigenvalue weighted by atomic mass is 9.99. The van der Waals surface area contributed by atoms with Crippen LogP contribution in [0.3, 0.4) is 0 Å². The molecule has 0 fully saturated rings. The molecule has 0 saturated heterocycles. The first-order valence-corrected chi connectivity index (χ1v) is 9.14. The van der Waals surface area contributed by atoms with Gasteiger partial charge in [0.15, 0.2) is 5.82 Å². The van der Waals surface area contributed by atoms with Crippen molar-refractivity contribution in [3.63, 3.8) is 0 Å². The van der Waals surface area contributed by atoms with Crippen molar-refractivity contribution in [2.75, 3.05) is 0 Å². The summed E-state index contributed by atoms with van der Waals surface area (Å²) in [6, 6.07) is 18.4. The van der Waals surface area contributed by atoms with Crippen molar-refractivity contribution in [1.29, 1.82) is 0 Å². The second-order valence-electron chi connectivity index (χ2n) is 6.61. The lowest BCUT2D eigenvalue weighted by Gasteiger charge is -2.07. The number of aromatic nitrogens is 1. The Kier molecular flexibility index (Phi) is 6.11. The van der Waals surface area contributed by atoms with E-state index in [4.69, 9.17) is 0 Å². The number of hydrogen-bond acceptors (Lipinski definition) is 1. The van der Waals surface area contributed by atoms with Gasteiger partial charge >= 0.3 is 0 Å². The van der Waals surface area contributed by atoms with E-state index in [-0.39, 0.29) is 0 Å². The van der Waals surface area contributed by atoms with Crippen molar-refractivity contribution in [2.45, 2.75) is 39.0 Å². The molecule has 134 valence electrons. The number of hydrogen-bond donors (Lipinski definition) is 0. The fraction of sp³-hybridized carbons (Fsp3) is 0.261. The van der Waals surface area contributed by atoms with Gasteiger partial charge in [0.05, 0.1) is 0 Å². The van der Waals surface area contributed by atoms with Crippen molar-refractivity contribution in [3.8, 4) is 11.1 Å². The molecule has 26 heavy (non-hydrogen) atoms. The molecule has 0 aliphatic rings. The molecule has 0 spiro atoms. The molecule has 2 aromatic carbocycles. The number of rotatable bonds is 7. The minimum absolute atomic E-state index is 0.635. The van der Waals surface area contributed by atoms with Crippen LogP contribution >= 0.6 is 0 Å². The summed E-state index contributed by atoms with van der Waals surface area (Å²) in [4.78, 5) is 3.43. The van der Waals surface area contributed by atoms with Gasteiger partial charge < -0.3 is 0 Å². The molecule has 0 radical (unpaired) electrons. The van der Waals surface area contributed by atoms with Crippen LogP contribution in [0, 0.1) is 11.8 Å². The normalized spacial score (nSPS) is 10.9. The first-order chi connectivity index (χ1) is 12.7. The molecule has 0 atom stereocenters. The molecule has 3 aromatic rings. The van der Waals surface area contributed by atoms with E-state index >= 15 is 0 Å². The Morgan fingerprint density at radius 1 is 0.731 bits per heavy atom. The average molecular weight is 351 g/mol. The minimum Gasteiger partial charge on any atom is -0.225 e. The van der Waals surface area contributed by atoms with E-state index < -0.39 is 11.8 Å². The van der Waals surface area contributed by atoms with Crippen LogP contribution in [0.5, 0.6) is 0 Å². The monoisotopic (exact) mass is 351 g/mol. The summed E-state index contributed by atoms with van der Waals surface area (Å²) in [7, 11) is 0. The number of nitrogens with zero attached hydrogens (tertiary/aromatic N) is 1. The van der Waals surface area contributed by atoms with Gasteiger partial charge in [0.25, 0.3) is 0 Å². The van der Waals surface area contributed by atoms with Crippen LogP contribution in [0.2, 0.25) is 0 Å². The highest BCUT2D eigenvalue weighted by molar-refractivity contribution is 5.64. The molecule has 1 heterocycles. The van der Waals surface area contributed by atoms with Crippen molar-refractivity contribution >= 4 is 0 Å². The lowest BCUT2D eigenvalue weighted by molar-refractivity contribution is 0.477. The fourth-order valence-corrected chi connectivity index (χ4v) is 2.99. The standard InChI is InChI=1S/C23H23F2N/c1-2-3-4-17-7-11-20(12-8-17)21-13-9-18(10-14-21)5-6-19-15-22(24)23(25)26-16-19/h7-16H,2-6H2,1H3. The van der Waals surface area contributed by atoms with Gasteiger partial charge in [0, 0.05) is 6.20 Å². The minimum atomic E-state index is -1.04. The maximum atomic E-state index is 13.2. The van der Waals surface area contributed by atoms with Gasteiger partial charge in [-0.3, -0.25) is 0 Å². The molecule has 0 N–H and O–H groups in total. The van der Waals surface area contributed by atoms with Crippen LogP contribution in [0.15, 0.2) is 60.8 Å². The molecule has 3 heteroatoms. The number of halogens is 2. The van der Waals surface area contributed by atoms with Gasteiger partial charge in [-0.25, -0.2) is 9.37 Å². The van der Waals surface area contributed by atoms with Crippen molar-refractivity contribution in [2.24, 2.45) is 0 Å². The first-order valence-electron chi connectivity index (χ1n) is 9.14. The molecule has 0 aliphatic heterocycles. The summed E-state index contributed by atoms with van der Waals surface area (Å²) in [5.41, 5.74) is 5.65. The molecule has 3 rings (SSSR count). The highest BCUT2D eigenvalue weighted by atomic mass is 19.2. The molecule has 1 nitrogen and oxygen atoms in total. The van der Waals surface area contributed by atoms with Crippen LogP contribution in [0.25, 0.3) is 11.1 Å². The number of aryl methyl sites for hydroxylation is 3. The third kappa shape index (κ3) is 4.75. The molecule has 0 bridgehead atoms. The van der Waals surface area contributed by atoms with E-state index in [1.807, 2.05) is 0 Å². The fourth-order valence-electron chi connectivity index (χ4n) is 2.99. The zero-order valence-corrected chi connectivity index (χ0v) is 15.0. The zero-order chi connectivity index (χ0) is 18.4. The molecule has 0 aliphatic carbocycles. The van der Waals surface area contributed by atoms with Gasteiger partial charge in [-0.15, -0.1) is 0 Å². The van der Waals surface area contributed by atoms with E-state index in [9.17, 15) is 8.78 Å². The summed E-state index contributed by atoms with van der Waals surface area (Å²) < 4.78 is 26.1. The molecule has 0 saturated carbocycles. The first kappa shape index (κ1) is 18.2. The van der Waals surface area contributed by atoms with Gasteiger partial charge in [-0.2, -0.15) is 4.39 Å². The Balaban J connectivity index is 1.61. The second-order valence-corrected chi connectivity index (χ2v) is 6.61. The Bertz CT molecular complexity index is 839. The predicted molar refractivity (Wildman–Crippen MR) is 102 cm³/mol. The lowest BCUT2D eigenvalue weighted by Crippen LogP contribution is -1.96. The number of unbranched alkanes of at least 4 members (excludes halogenated alkanes) is 1. The second kappa shape index (κ2) is 8.70. The van der Waals surface area contributed by atoms with Crippen molar-refractivity contribution < 1.29 is 8.78 Å². The van der Waals surface area contributed by atoms with Crippen molar-refractivity contribution in [1.82, 2.24) is 4.98 Å². The topological polar surface area (TPSA) is 12.9 Å². The van der Waals surface area contributed by atoms with E-state index in [0.717, 1.165) is 18.4 Å². The number of benzene rings is 2. The molecule has 1 aromatic heterocycles. The van der Waals surface area contributed by atoms with Gasteiger partial charge in [-0.05, 0) is 59.6 Å². The third-order valence-electron chi connectivity index (χ3n) is 4.62. The van der Waals surface area contributed by atoms with Crippen molar-refractivity contribution in [3.05, 3.63) is 89.2 Å². The largest absolute Gasteiger partial charge is 0.248 e. The van der Waals surface area contributed by atoms with Gasteiger partial charge in [-0.1, -0.05) is 61.9 Å². The Hall–Kier alpha value is -2.55. The summed E-state index contributed by atoms with van der Waals surface area (Å²) in [6.45, 7) is 2.21.